The number of nitrogens with zero attached hydrogens (tertiary/aromatic N) is 2. The standard InChI is InChI=1S/C16H13N3O3/c1-11(16-10-12-6-2-5-9-15(12)22-16)17-18-13-7-3-4-8-14(13)19(20)21/h2-10,18H,1H3/b17-11-. The van der Waals surface area contributed by atoms with Crippen LogP contribution in [0.25, 0.3) is 11.0 Å². The van der Waals surface area contributed by atoms with Crippen molar-refractivity contribution in [1.29, 1.82) is 0 Å². The fourth-order valence-electron chi connectivity index (χ4n) is 2.09. The Bertz CT molecular complexity index is 835. The van der Waals surface area contributed by atoms with E-state index in [1.54, 1.807) is 25.1 Å². The van der Waals surface area contributed by atoms with Crippen molar-refractivity contribution in [3.8, 4) is 0 Å². The van der Waals surface area contributed by atoms with Crippen molar-refractivity contribution in [2.24, 2.45) is 5.10 Å². The van der Waals surface area contributed by atoms with Gasteiger partial charge in [0.15, 0.2) is 5.76 Å². The molecule has 0 saturated carbocycles. The summed E-state index contributed by atoms with van der Waals surface area (Å²) in [7, 11) is 0. The van der Waals surface area contributed by atoms with Gasteiger partial charge in [-0.1, -0.05) is 30.3 Å². The fourth-order valence-corrected chi connectivity index (χ4v) is 2.09. The Morgan fingerprint density at radius 3 is 2.68 bits per heavy atom. The summed E-state index contributed by atoms with van der Waals surface area (Å²) in [6.45, 7) is 1.78. The largest absolute Gasteiger partial charge is 0.455 e. The lowest BCUT2D eigenvalue weighted by atomic mass is 10.2. The highest BCUT2D eigenvalue weighted by molar-refractivity contribution is 6.00. The molecule has 1 heterocycles. The second kappa shape index (κ2) is 5.69. The lowest BCUT2D eigenvalue weighted by molar-refractivity contribution is -0.384. The van der Waals surface area contributed by atoms with Crippen molar-refractivity contribution in [3.05, 3.63) is 70.5 Å². The summed E-state index contributed by atoms with van der Waals surface area (Å²) in [5, 5.41) is 16.1. The maximum absolute atomic E-state index is 11.0. The molecule has 0 aliphatic carbocycles. The van der Waals surface area contributed by atoms with E-state index in [1.807, 2.05) is 30.3 Å². The first-order valence-corrected chi connectivity index (χ1v) is 6.68. The molecule has 0 unspecified atom stereocenters. The van der Waals surface area contributed by atoms with Crippen LogP contribution in [-0.4, -0.2) is 10.6 Å². The molecule has 0 atom stereocenters. The van der Waals surface area contributed by atoms with Gasteiger partial charge in [-0.05, 0) is 25.1 Å². The number of nitro benzene ring substituents is 1. The van der Waals surface area contributed by atoms with Gasteiger partial charge >= 0.3 is 0 Å². The number of rotatable bonds is 4. The molecule has 1 aromatic heterocycles. The van der Waals surface area contributed by atoms with Crippen LogP contribution in [0.3, 0.4) is 0 Å². The molecule has 0 saturated heterocycles. The van der Waals surface area contributed by atoms with E-state index in [2.05, 4.69) is 10.5 Å². The van der Waals surface area contributed by atoms with Gasteiger partial charge < -0.3 is 4.42 Å². The molecular formula is C16H13N3O3. The van der Waals surface area contributed by atoms with Crippen molar-refractivity contribution in [2.45, 2.75) is 6.92 Å². The molecule has 0 amide bonds. The topological polar surface area (TPSA) is 80.7 Å². The Hall–Kier alpha value is -3.15. The van der Waals surface area contributed by atoms with Crippen LogP contribution < -0.4 is 5.43 Å². The third-order valence-corrected chi connectivity index (χ3v) is 3.23. The van der Waals surface area contributed by atoms with Crippen LogP contribution >= 0.6 is 0 Å². The zero-order valence-corrected chi connectivity index (χ0v) is 11.8. The van der Waals surface area contributed by atoms with Gasteiger partial charge in [-0.3, -0.25) is 15.5 Å². The number of furan rings is 1. The van der Waals surface area contributed by atoms with Crippen LogP contribution in [0.5, 0.6) is 0 Å². The molecule has 0 bridgehead atoms. The smallest absolute Gasteiger partial charge is 0.294 e. The van der Waals surface area contributed by atoms with E-state index in [4.69, 9.17) is 4.42 Å². The minimum Gasteiger partial charge on any atom is -0.455 e. The van der Waals surface area contributed by atoms with Gasteiger partial charge in [0.1, 0.15) is 17.0 Å². The van der Waals surface area contributed by atoms with E-state index >= 15 is 0 Å². The maximum Gasteiger partial charge on any atom is 0.294 e. The van der Waals surface area contributed by atoms with E-state index in [-0.39, 0.29) is 5.69 Å². The molecule has 3 rings (SSSR count). The van der Waals surface area contributed by atoms with Gasteiger partial charge in [0.05, 0.1) is 4.92 Å². The molecule has 0 spiro atoms. The molecule has 110 valence electrons. The van der Waals surface area contributed by atoms with Crippen LogP contribution in [0.1, 0.15) is 12.7 Å². The Balaban J connectivity index is 1.87. The minimum atomic E-state index is -0.450. The van der Waals surface area contributed by atoms with Crippen LogP contribution in [0.2, 0.25) is 0 Å². The first-order chi connectivity index (χ1) is 10.6. The van der Waals surface area contributed by atoms with Crippen LogP contribution in [-0.2, 0) is 0 Å². The highest BCUT2D eigenvalue weighted by atomic mass is 16.6. The van der Waals surface area contributed by atoms with E-state index in [9.17, 15) is 10.1 Å². The molecule has 22 heavy (non-hydrogen) atoms. The molecule has 6 nitrogen and oxygen atoms in total. The molecule has 1 N–H and O–H groups in total. The van der Waals surface area contributed by atoms with Gasteiger partial charge in [0.2, 0.25) is 0 Å². The molecule has 6 heteroatoms. The van der Waals surface area contributed by atoms with E-state index in [0.717, 1.165) is 11.0 Å². The van der Waals surface area contributed by atoms with Gasteiger partial charge in [0, 0.05) is 11.5 Å². The Kier molecular flexibility index (Phi) is 3.57. The third-order valence-electron chi connectivity index (χ3n) is 3.23. The predicted molar refractivity (Wildman–Crippen MR) is 85.1 cm³/mol. The number of hydrogen-bond donors (Lipinski definition) is 1. The van der Waals surface area contributed by atoms with Crippen molar-refractivity contribution in [3.63, 3.8) is 0 Å². The van der Waals surface area contributed by atoms with Crippen LogP contribution in [0.4, 0.5) is 11.4 Å². The first kappa shape index (κ1) is 13.8. The zero-order valence-electron chi connectivity index (χ0n) is 11.8. The third kappa shape index (κ3) is 2.67. The van der Waals surface area contributed by atoms with Crippen molar-refractivity contribution < 1.29 is 9.34 Å². The number of nitro groups is 1. The lowest BCUT2D eigenvalue weighted by Crippen LogP contribution is -2.00. The first-order valence-electron chi connectivity index (χ1n) is 6.68. The summed E-state index contributed by atoms with van der Waals surface area (Å²) in [5.41, 5.74) is 4.42. The molecule has 3 aromatic rings. The average molecular weight is 295 g/mol. The summed E-state index contributed by atoms with van der Waals surface area (Å²) in [5.74, 6) is 0.618. The Morgan fingerprint density at radius 1 is 1.18 bits per heavy atom. The van der Waals surface area contributed by atoms with Gasteiger partial charge in [-0.15, -0.1) is 0 Å². The summed E-state index contributed by atoms with van der Waals surface area (Å²) < 4.78 is 5.69. The lowest BCUT2D eigenvalue weighted by Gasteiger charge is -2.02. The van der Waals surface area contributed by atoms with E-state index in [0.29, 0.717) is 17.2 Å². The van der Waals surface area contributed by atoms with Crippen molar-refractivity contribution in [2.75, 3.05) is 5.43 Å². The number of fused-ring (bicyclic) bond motifs is 1. The SMILES string of the molecule is C/C(=N/Nc1ccccc1[N+](=O)[O-])c1cc2ccccc2o1. The number of hydrazone groups is 1. The molecule has 0 radical (unpaired) electrons. The second-order valence-electron chi connectivity index (χ2n) is 4.73. The second-order valence-corrected chi connectivity index (χ2v) is 4.73. The van der Waals surface area contributed by atoms with Gasteiger partial charge in [0.25, 0.3) is 5.69 Å². The molecule has 0 aliphatic rings. The molecule has 0 fully saturated rings. The van der Waals surface area contributed by atoms with Gasteiger partial charge in [-0.25, -0.2) is 0 Å². The fraction of sp³-hybridized carbons (Fsp3) is 0.0625. The number of nitrogens with one attached hydrogen (secondary N) is 1. The van der Waals surface area contributed by atoms with Crippen molar-refractivity contribution >= 4 is 28.1 Å². The highest BCUT2D eigenvalue weighted by Gasteiger charge is 2.12. The van der Waals surface area contributed by atoms with E-state index < -0.39 is 4.92 Å². The molecule has 0 aliphatic heterocycles. The molecule has 2 aromatic carbocycles. The highest BCUT2D eigenvalue weighted by Crippen LogP contribution is 2.24. The monoisotopic (exact) mass is 295 g/mol. The van der Waals surface area contributed by atoms with Crippen LogP contribution in [0, 0.1) is 10.1 Å². The summed E-state index contributed by atoms with van der Waals surface area (Å²) in [6, 6.07) is 15.9. The maximum atomic E-state index is 11.0. The van der Waals surface area contributed by atoms with E-state index in [1.165, 1.54) is 6.07 Å². The predicted octanol–water partition coefficient (Wildman–Crippen LogP) is 4.18. The summed E-state index contributed by atoms with van der Waals surface area (Å²) >= 11 is 0. The van der Waals surface area contributed by atoms with Crippen LogP contribution in [0.15, 0.2) is 64.1 Å². The summed E-state index contributed by atoms with van der Waals surface area (Å²) in [4.78, 5) is 10.5. The number of hydrogen-bond acceptors (Lipinski definition) is 5. The van der Waals surface area contributed by atoms with Crippen molar-refractivity contribution in [1.82, 2.24) is 0 Å². The zero-order chi connectivity index (χ0) is 15.5. The molecular weight excluding hydrogens is 282 g/mol. The summed E-state index contributed by atoms with van der Waals surface area (Å²) in [6.07, 6.45) is 0. The number of anilines is 1. The Labute approximate surface area is 126 Å². The number of para-hydroxylation sites is 3. The number of benzene rings is 2. The average Bonchev–Trinajstić information content (AvgIpc) is 2.97. The Morgan fingerprint density at radius 2 is 1.91 bits per heavy atom. The normalized spacial score (nSPS) is 11.6. The van der Waals surface area contributed by atoms with Gasteiger partial charge in [-0.2, -0.15) is 5.10 Å². The quantitative estimate of drug-likeness (QED) is 0.445. The minimum absolute atomic E-state index is 0.0244.